The molecule has 0 fully saturated rings. The Morgan fingerprint density at radius 3 is 2.15 bits per heavy atom. The molecule has 1 N–H and O–H groups in total. The molecule has 186 valence electrons. The summed E-state index contributed by atoms with van der Waals surface area (Å²) in [6.45, 7) is 7.92. The van der Waals surface area contributed by atoms with Crippen LogP contribution in [0.2, 0.25) is 5.02 Å². The van der Waals surface area contributed by atoms with E-state index >= 15 is 0 Å². The molecule has 2 rings (SSSR count). The highest BCUT2D eigenvalue weighted by molar-refractivity contribution is 7.89. The molecule has 2 aromatic carbocycles. The van der Waals surface area contributed by atoms with E-state index in [-0.39, 0.29) is 23.3 Å². The SMILES string of the molecule is CC[C@@H](C(=O)NCC(C)C)N(Cc1ccc(Cl)cc1)C(=O)CN(C)S(=O)(=O)c1ccc(C)cc1. The maximum absolute atomic E-state index is 13.4. The summed E-state index contributed by atoms with van der Waals surface area (Å²) in [6, 6.07) is 12.7. The average molecular weight is 508 g/mol. The number of benzene rings is 2. The van der Waals surface area contributed by atoms with E-state index in [1.807, 2.05) is 27.7 Å². The van der Waals surface area contributed by atoms with Gasteiger partial charge < -0.3 is 10.2 Å². The molecule has 0 aromatic heterocycles. The van der Waals surface area contributed by atoms with Crippen molar-refractivity contribution in [1.29, 1.82) is 0 Å². The Hall–Kier alpha value is -2.42. The molecule has 2 aromatic rings. The number of amides is 2. The molecule has 1 atom stereocenters. The number of aryl methyl sites for hydroxylation is 1. The maximum atomic E-state index is 13.4. The smallest absolute Gasteiger partial charge is 0.243 e. The number of carbonyl (C=O) groups is 2. The second-order valence-electron chi connectivity index (χ2n) is 8.79. The summed E-state index contributed by atoms with van der Waals surface area (Å²) in [6.07, 6.45) is 0.387. The van der Waals surface area contributed by atoms with Gasteiger partial charge in [-0.25, -0.2) is 8.42 Å². The Balaban J connectivity index is 2.30. The lowest BCUT2D eigenvalue weighted by molar-refractivity contribution is -0.141. The molecule has 0 aliphatic heterocycles. The van der Waals surface area contributed by atoms with Crippen LogP contribution < -0.4 is 5.32 Å². The highest BCUT2D eigenvalue weighted by Gasteiger charge is 2.31. The summed E-state index contributed by atoms with van der Waals surface area (Å²) >= 11 is 5.99. The molecular weight excluding hydrogens is 474 g/mol. The molecule has 0 saturated heterocycles. The van der Waals surface area contributed by atoms with Crippen LogP contribution in [0.3, 0.4) is 0 Å². The van der Waals surface area contributed by atoms with Gasteiger partial charge in [0.05, 0.1) is 11.4 Å². The molecule has 0 heterocycles. The number of sulfonamides is 1. The molecule has 2 amide bonds. The van der Waals surface area contributed by atoms with Crippen molar-refractivity contribution < 1.29 is 18.0 Å². The van der Waals surface area contributed by atoms with E-state index < -0.39 is 28.5 Å². The molecule has 9 heteroatoms. The van der Waals surface area contributed by atoms with Crippen LogP contribution in [0, 0.1) is 12.8 Å². The first-order valence-corrected chi connectivity index (χ1v) is 13.1. The normalized spacial score (nSPS) is 12.6. The molecule has 0 saturated carbocycles. The van der Waals surface area contributed by atoms with Gasteiger partial charge in [0.2, 0.25) is 21.8 Å². The largest absolute Gasteiger partial charge is 0.354 e. The number of rotatable bonds is 11. The highest BCUT2D eigenvalue weighted by atomic mass is 35.5. The van der Waals surface area contributed by atoms with Crippen LogP contribution in [-0.2, 0) is 26.2 Å². The summed E-state index contributed by atoms with van der Waals surface area (Å²) in [7, 11) is -2.50. The van der Waals surface area contributed by atoms with Crippen molar-refractivity contribution in [2.75, 3.05) is 20.1 Å². The molecule has 0 aliphatic carbocycles. The lowest BCUT2D eigenvalue weighted by Crippen LogP contribution is -2.52. The predicted octanol–water partition coefficient (Wildman–Crippen LogP) is 3.85. The van der Waals surface area contributed by atoms with Crippen molar-refractivity contribution in [2.45, 2.75) is 51.6 Å². The van der Waals surface area contributed by atoms with Crippen LogP contribution in [0.15, 0.2) is 53.4 Å². The van der Waals surface area contributed by atoms with Crippen molar-refractivity contribution in [2.24, 2.45) is 5.92 Å². The quantitative estimate of drug-likeness (QED) is 0.500. The minimum atomic E-state index is -3.87. The van der Waals surface area contributed by atoms with Crippen LogP contribution in [0.4, 0.5) is 0 Å². The summed E-state index contributed by atoms with van der Waals surface area (Å²) in [5.41, 5.74) is 1.72. The average Bonchev–Trinajstić information content (AvgIpc) is 2.79. The molecule has 0 unspecified atom stereocenters. The van der Waals surface area contributed by atoms with Crippen LogP contribution in [0.5, 0.6) is 0 Å². The summed E-state index contributed by atoms with van der Waals surface area (Å²) < 4.78 is 27.0. The number of hydrogen-bond donors (Lipinski definition) is 1. The third kappa shape index (κ3) is 7.55. The molecule has 0 radical (unpaired) electrons. The number of halogens is 1. The molecule has 0 spiro atoms. The van der Waals surface area contributed by atoms with Crippen molar-refractivity contribution >= 4 is 33.4 Å². The standard InChI is InChI=1S/C25H34ClN3O4S/c1-6-23(25(31)27-15-18(2)3)29(16-20-9-11-21(26)12-10-20)24(30)17-28(5)34(32,33)22-13-7-19(4)8-14-22/h7-14,18,23H,6,15-17H2,1-5H3,(H,27,31)/t23-/m0/s1. The van der Waals surface area contributed by atoms with Crippen molar-refractivity contribution in [3.8, 4) is 0 Å². The molecular formula is C25H34ClN3O4S. The first-order chi connectivity index (χ1) is 15.9. The third-order valence-corrected chi connectivity index (χ3v) is 7.49. The zero-order valence-electron chi connectivity index (χ0n) is 20.4. The number of nitrogens with zero attached hydrogens (tertiary/aromatic N) is 2. The number of likely N-dealkylation sites (N-methyl/N-ethyl adjacent to an activating group) is 1. The molecule has 34 heavy (non-hydrogen) atoms. The Morgan fingerprint density at radius 2 is 1.62 bits per heavy atom. The number of carbonyl (C=O) groups excluding carboxylic acids is 2. The Kier molecular flexibility index (Phi) is 10.1. The number of nitrogens with one attached hydrogen (secondary N) is 1. The van der Waals surface area contributed by atoms with E-state index in [0.29, 0.717) is 18.0 Å². The van der Waals surface area contributed by atoms with Gasteiger partial charge in [0.1, 0.15) is 6.04 Å². The summed E-state index contributed by atoms with van der Waals surface area (Å²) in [5.74, 6) is -0.463. The summed E-state index contributed by atoms with van der Waals surface area (Å²) in [4.78, 5) is 27.9. The van der Waals surface area contributed by atoms with Crippen LogP contribution >= 0.6 is 11.6 Å². The van der Waals surface area contributed by atoms with Gasteiger partial charge in [-0.3, -0.25) is 9.59 Å². The van der Waals surface area contributed by atoms with Gasteiger partial charge in [-0.05, 0) is 49.1 Å². The Bertz CT molecular complexity index is 1070. The zero-order valence-corrected chi connectivity index (χ0v) is 22.0. The van der Waals surface area contributed by atoms with E-state index in [1.165, 1.54) is 24.1 Å². The summed E-state index contributed by atoms with van der Waals surface area (Å²) in [5, 5.41) is 3.45. The molecule has 0 aliphatic rings. The van der Waals surface area contributed by atoms with Gasteiger partial charge in [-0.1, -0.05) is 62.2 Å². The van der Waals surface area contributed by atoms with E-state index in [4.69, 9.17) is 11.6 Å². The van der Waals surface area contributed by atoms with E-state index in [0.717, 1.165) is 15.4 Å². The Labute approximate surface area is 208 Å². The first-order valence-electron chi connectivity index (χ1n) is 11.3. The lowest BCUT2D eigenvalue weighted by Gasteiger charge is -2.32. The van der Waals surface area contributed by atoms with Crippen LogP contribution in [0.1, 0.15) is 38.3 Å². The van der Waals surface area contributed by atoms with Crippen LogP contribution in [0.25, 0.3) is 0 Å². The maximum Gasteiger partial charge on any atom is 0.243 e. The highest BCUT2D eigenvalue weighted by Crippen LogP contribution is 2.18. The fourth-order valence-corrected chi connectivity index (χ4v) is 4.63. The first kappa shape index (κ1) is 27.8. The zero-order chi connectivity index (χ0) is 25.5. The molecule has 7 nitrogen and oxygen atoms in total. The van der Waals surface area contributed by atoms with Crippen molar-refractivity contribution in [1.82, 2.24) is 14.5 Å². The molecule has 0 bridgehead atoms. The van der Waals surface area contributed by atoms with Crippen LogP contribution in [-0.4, -0.2) is 55.6 Å². The van der Waals surface area contributed by atoms with Gasteiger partial charge in [-0.15, -0.1) is 0 Å². The van der Waals surface area contributed by atoms with Gasteiger partial charge in [-0.2, -0.15) is 4.31 Å². The third-order valence-electron chi connectivity index (χ3n) is 5.42. The van der Waals surface area contributed by atoms with Crippen molar-refractivity contribution in [3.05, 3.63) is 64.7 Å². The van der Waals surface area contributed by atoms with E-state index in [2.05, 4.69) is 5.32 Å². The lowest BCUT2D eigenvalue weighted by atomic mass is 10.1. The fourth-order valence-electron chi connectivity index (χ4n) is 3.39. The minimum absolute atomic E-state index is 0.111. The fraction of sp³-hybridized carbons (Fsp3) is 0.440. The van der Waals surface area contributed by atoms with Gasteiger partial charge in [0, 0.05) is 25.2 Å². The Morgan fingerprint density at radius 1 is 1.03 bits per heavy atom. The van der Waals surface area contributed by atoms with E-state index in [1.54, 1.807) is 36.4 Å². The topological polar surface area (TPSA) is 86.8 Å². The van der Waals surface area contributed by atoms with Crippen molar-refractivity contribution in [3.63, 3.8) is 0 Å². The number of hydrogen-bond acceptors (Lipinski definition) is 4. The minimum Gasteiger partial charge on any atom is -0.354 e. The predicted molar refractivity (Wildman–Crippen MR) is 135 cm³/mol. The van der Waals surface area contributed by atoms with E-state index in [9.17, 15) is 18.0 Å². The second-order valence-corrected chi connectivity index (χ2v) is 11.3. The van der Waals surface area contributed by atoms with Gasteiger partial charge in [0.15, 0.2) is 0 Å². The van der Waals surface area contributed by atoms with Gasteiger partial charge >= 0.3 is 0 Å². The monoisotopic (exact) mass is 507 g/mol. The van der Waals surface area contributed by atoms with Gasteiger partial charge in [0.25, 0.3) is 0 Å². The second kappa shape index (κ2) is 12.3.